The van der Waals surface area contributed by atoms with Crippen LogP contribution in [0, 0.1) is 6.92 Å². The minimum absolute atomic E-state index is 0.223. The largest absolute Gasteiger partial charge is 0.319 e. The second-order valence-corrected chi connectivity index (χ2v) is 13.5. The van der Waals surface area contributed by atoms with Crippen molar-refractivity contribution in [3.8, 4) is 0 Å². The van der Waals surface area contributed by atoms with Crippen molar-refractivity contribution in [3.05, 3.63) is 78.4 Å². The number of nitrogens with zero attached hydrogens (tertiary/aromatic N) is 2. The maximum atomic E-state index is 2.46. The van der Waals surface area contributed by atoms with E-state index in [0.717, 1.165) is 0 Å². The third-order valence-corrected chi connectivity index (χ3v) is 7.60. The van der Waals surface area contributed by atoms with Crippen molar-refractivity contribution in [2.45, 2.75) is 39.7 Å². The number of anilines is 4. The molecule has 3 aromatic rings. The molecule has 1 aliphatic rings. The molecule has 0 aliphatic carbocycles. The second kappa shape index (κ2) is 6.57. The SMILES string of the molecule is Cc1ccccc1N1c2ccccc2N(c2ccc([Si](C)(C)C)cc2)[C@@H]1C. The van der Waals surface area contributed by atoms with Crippen molar-refractivity contribution in [1.29, 1.82) is 0 Å². The molecule has 0 aromatic heterocycles. The van der Waals surface area contributed by atoms with E-state index in [1.54, 1.807) is 0 Å². The summed E-state index contributed by atoms with van der Waals surface area (Å²) in [5.74, 6) is 0. The van der Waals surface area contributed by atoms with Crippen LogP contribution >= 0.6 is 0 Å². The Morgan fingerprint density at radius 2 is 1.19 bits per heavy atom. The van der Waals surface area contributed by atoms with Crippen LogP contribution in [0.5, 0.6) is 0 Å². The fraction of sp³-hybridized carbons (Fsp3) is 0.250. The molecule has 0 N–H and O–H groups in total. The van der Waals surface area contributed by atoms with E-state index in [0.29, 0.717) is 0 Å². The smallest absolute Gasteiger partial charge is 0.108 e. The lowest BCUT2D eigenvalue weighted by Gasteiger charge is -2.31. The lowest BCUT2D eigenvalue weighted by Crippen LogP contribution is -2.38. The summed E-state index contributed by atoms with van der Waals surface area (Å²) < 4.78 is 0. The Bertz CT molecular complexity index is 957. The molecule has 0 saturated heterocycles. The fourth-order valence-electron chi connectivity index (χ4n) is 4.03. The summed E-state index contributed by atoms with van der Waals surface area (Å²) in [5, 5.41) is 1.50. The molecule has 0 radical (unpaired) electrons. The lowest BCUT2D eigenvalue weighted by atomic mass is 10.1. The highest BCUT2D eigenvalue weighted by Gasteiger charge is 2.35. The number of rotatable bonds is 3. The quantitative estimate of drug-likeness (QED) is 0.507. The first kappa shape index (κ1) is 17.9. The van der Waals surface area contributed by atoms with Crippen LogP contribution in [0.25, 0.3) is 0 Å². The number of fused-ring (bicyclic) bond motifs is 1. The van der Waals surface area contributed by atoms with Gasteiger partial charge in [0.25, 0.3) is 0 Å². The standard InChI is InChI=1S/C24H28N2Si/c1-18-10-6-7-11-22(18)26-19(2)25(23-12-8-9-13-24(23)26)20-14-16-21(17-15-20)27(3,4)5/h6-17,19H,1-5H3/t19-/m0/s1. The molecule has 0 unspecified atom stereocenters. The molecule has 0 spiro atoms. The highest BCUT2D eigenvalue weighted by molar-refractivity contribution is 6.88. The zero-order valence-electron chi connectivity index (χ0n) is 16.9. The number of aryl methyl sites for hydroxylation is 1. The van der Waals surface area contributed by atoms with Gasteiger partial charge in [-0.2, -0.15) is 0 Å². The summed E-state index contributed by atoms with van der Waals surface area (Å²) in [4.78, 5) is 4.91. The molecule has 4 rings (SSSR count). The van der Waals surface area contributed by atoms with Gasteiger partial charge in [-0.1, -0.05) is 67.3 Å². The molecule has 3 heteroatoms. The Morgan fingerprint density at radius 3 is 1.74 bits per heavy atom. The molecular formula is C24H28N2Si. The van der Waals surface area contributed by atoms with Crippen LogP contribution in [0.15, 0.2) is 72.8 Å². The van der Waals surface area contributed by atoms with Crippen molar-refractivity contribution in [3.63, 3.8) is 0 Å². The molecule has 0 fully saturated rings. The first-order valence-corrected chi connectivity index (χ1v) is 13.2. The van der Waals surface area contributed by atoms with Gasteiger partial charge >= 0.3 is 0 Å². The average molecular weight is 373 g/mol. The first-order valence-electron chi connectivity index (χ1n) is 9.71. The van der Waals surface area contributed by atoms with Crippen LogP contribution in [0.4, 0.5) is 22.7 Å². The predicted molar refractivity (Wildman–Crippen MR) is 121 cm³/mol. The number of benzene rings is 3. The maximum Gasteiger partial charge on any atom is 0.108 e. The molecular weight excluding hydrogens is 344 g/mol. The van der Waals surface area contributed by atoms with Gasteiger partial charge in [0.05, 0.1) is 19.4 Å². The fourth-order valence-corrected chi connectivity index (χ4v) is 5.20. The summed E-state index contributed by atoms with van der Waals surface area (Å²) in [6, 6.07) is 26.6. The molecule has 1 aliphatic heterocycles. The molecule has 27 heavy (non-hydrogen) atoms. The van der Waals surface area contributed by atoms with Gasteiger partial charge in [-0.25, -0.2) is 0 Å². The minimum Gasteiger partial charge on any atom is -0.319 e. The predicted octanol–water partition coefficient (Wildman–Crippen LogP) is 6.18. The van der Waals surface area contributed by atoms with Crippen molar-refractivity contribution in [2.24, 2.45) is 0 Å². The zero-order chi connectivity index (χ0) is 19.2. The second-order valence-electron chi connectivity index (χ2n) is 8.44. The van der Waals surface area contributed by atoms with E-state index in [2.05, 4.69) is 116 Å². The molecule has 138 valence electrons. The molecule has 0 bridgehead atoms. The topological polar surface area (TPSA) is 6.48 Å². The molecule has 1 atom stereocenters. The summed E-state index contributed by atoms with van der Waals surface area (Å²) in [7, 11) is -1.29. The van der Waals surface area contributed by atoms with Gasteiger partial charge in [0, 0.05) is 11.4 Å². The van der Waals surface area contributed by atoms with E-state index in [9.17, 15) is 0 Å². The molecule has 0 amide bonds. The van der Waals surface area contributed by atoms with Crippen molar-refractivity contribution in [1.82, 2.24) is 0 Å². The summed E-state index contributed by atoms with van der Waals surface area (Å²) in [6.07, 6.45) is 0.223. The number of hydrogen-bond acceptors (Lipinski definition) is 2. The van der Waals surface area contributed by atoms with Gasteiger partial charge in [0.1, 0.15) is 6.17 Å². The molecule has 1 heterocycles. The van der Waals surface area contributed by atoms with Crippen LogP contribution in [0.3, 0.4) is 0 Å². The van der Waals surface area contributed by atoms with Crippen LogP contribution in [-0.4, -0.2) is 14.2 Å². The Hall–Kier alpha value is -2.52. The highest BCUT2D eigenvalue weighted by atomic mass is 28.3. The Balaban J connectivity index is 1.80. The Morgan fingerprint density at radius 1 is 0.667 bits per heavy atom. The normalized spacial score (nSPS) is 16.6. The van der Waals surface area contributed by atoms with Crippen LogP contribution in [0.1, 0.15) is 12.5 Å². The van der Waals surface area contributed by atoms with Gasteiger partial charge in [-0.3, -0.25) is 0 Å². The average Bonchev–Trinajstić information content (AvgIpc) is 2.93. The first-order chi connectivity index (χ1) is 12.9. The Kier molecular flexibility index (Phi) is 4.35. The van der Waals surface area contributed by atoms with Crippen LogP contribution in [0.2, 0.25) is 19.6 Å². The number of para-hydroxylation sites is 3. The van der Waals surface area contributed by atoms with E-state index in [-0.39, 0.29) is 6.17 Å². The van der Waals surface area contributed by atoms with Gasteiger partial charge in [-0.05, 0) is 49.7 Å². The third-order valence-electron chi connectivity index (χ3n) is 5.53. The molecule has 2 nitrogen and oxygen atoms in total. The molecule has 0 saturated carbocycles. The van der Waals surface area contributed by atoms with Crippen molar-refractivity contribution < 1.29 is 0 Å². The summed E-state index contributed by atoms with van der Waals surface area (Å²) in [6.45, 7) is 11.7. The Labute approximate surface area is 164 Å². The van der Waals surface area contributed by atoms with Gasteiger partial charge in [0.15, 0.2) is 0 Å². The monoisotopic (exact) mass is 372 g/mol. The van der Waals surface area contributed by atoms with Gasteiger partial charge in [0.2, 0.25) is 0 Å². The summed E-state index contributed by atoms with van der Waals surface area (Å²) in [5.41, 5.74) is 6.38. The van der Waals surface area contributed by atoms with Gasteiger partial charge < -0.3 is 9.80 Å². The number of hydrogen-bond donors (Lipinski definition) is 0. The van der Waals surface area contributed by atoms with E-state index < -0.39 is 8.07 Å². The highest BCUT2D eigenvalue weighted by Crippen LogP contribution is 2.47. The minimum atomic E-state index is -1.29. The van der Waals surface area contributed by atoms with Crippen molar-refractivity contribution in [2.75, 3.05) is 9.80 Å². The molecule has 3 aromatic carbocycles. The van der Waals surface area contributed by atoms with Crippen LogP contribution in [-0.2, 0) is 0 Å². The van der Waals surface area contributed by atoms with Crippen molar-refractivity contribution >= 4 is 36.0 Å². The van der Waals surface area contributed by atoms with Crippen LogP contribution < -0.4 is 15.0 Å². The third kappa shape index (κ3) is 3.06. The summed E-state index contributed by atoms with van der Waals surface area (Å²) >= 11 is 0. The maximum absolute atomic E-state index is 2.46. The lowest BCUT2D eigenvalue weighted by molar-refractivity contribution is 0.759. The van der Waals surface area contributed by atoms with E-state index in [1.807, 2.05) is 0 Å². The van der Waals surface area contributed by atoms with Gasteiger partial charge in [-0.15, -0.1) is 0 Å². The van der Waals surface area contributed by atoms with E-state index in [4.69, 9.17) is 0 Å². The van der Waals surface area contributed by atoms with E-state index >= 15 is 0 Å². The van der Waals surface area contributed by atoms with E-state index in [1.165, 1.54) is 33.5 Å². The zero-order valence-corrected chi connectivity index (χ0v) is 17.9.